The fraction of sp³-hybridized carbons (Fsp3) is 0.273. The zero-order chi connectivity index (χ0) is 23.7. The van der Waals surface area contributed by atoms with Crippen LogP contribution < -0.4 is 0 Å². The van der Waals surface area contributed by atoms with Crippen molar-refractivity contribution in [3.8, 4) is 0 Å². The lowest BCUT2D eigenvalue weighted by Gasteiger charge is -2.20. The third-order valence-corrected chi connectivity index (χ3v) is 5.20. The minimum atomic E-state index is -4.86. The Bertz CT molecular complexity index is 1040. The van der Waals surface area contributed by atoms with Gasteiger partial charge in [0.1, 0.15) is 5.60 Å². The second kappa shape index (κ2) is 9.23. The van der Waals surface area contributed by atoms with Crippen LogP contribution in [0.25, 0.3) is 5.57 Å². The quantitative estimate of drug-likeness (QED) is 0.189. The van der Waals surface area contributed by atoms with Crippen molar-refractivity contribution in [3.05, 3.63) is 73.7 Å². The van der Waals surface area contributed by atoms with Gasteiger partial charge in [0.05, 0.1) is 26.2 Å². The molecule has 0 aliphatic rings. The standard InChI is InChI=1S/C22H18Cl3F3O3/c1-11-7-12(5-6-14(11)20(30)31-21(2,3)4)18(29)10-15(22(26,27)28)13-8-16(23)19(25)17(24)9-13/h5-10H,1-4H3/b15-10-. The van der Waals surface area contributed by atoms with Crippen LogP contribution in [0.3, 0.4) is 0 Å². The summed E-state index contributed by atoms with van der Waals surface area (Å²) in [5.41, 5.74) is -1.78. The van der Waals surface area contributed by atoms with Crippen LogP contribution in [0.5, 0.6) is 0 Å². The van der Waals surface area contributed by atoms with Crippen LogP contribution in [0.1, 0.15) is 52.6 Å². The Morgan fingerprint density at radius 3 is 1.94 bits per heavy atom. The lowest BCUT2D eigenvalue weighted by atomic mass is 9.98. The molecule has 166 valence electrons. The Morgan fingerprint density at radius 1 is 0.935 bits per heavy atom. The van der Waals surface area contributed by atoms with E-state index in [0.29, 0.717) is 11.6 Å². The number of carbonyl (C=O) groups is 2. The van der Waals surface area contributed by atoms with E-state index in [9.17, 15) is 22.8 Å². The van der Waals surface area contributed by atoms with Crippen LogP contribution in [0.2, 0.25) is 15.1 Å². The van der Waals surface area contributed by atoms with Gasteiger partial charge in [-0.1, -0.05) is 40.9 Å². The van der Waals surface area contributed by atoms with E-state index in [0.717, 1.165) is 12.1 Å². The van der Waals surface area contributed by atoms with Gasteiger partial charge in [-0.2, -0.15) is 13.2 Å². The number of ether oxygens (including phenoxy) is 1. The molecule has 31 heavy (non-hydrogen) atoms. The number of aryl methyl sites for hydroxylation is 1. The van der Waals surface area contributed by atoms with E-state index in [-0.39, 0.29) is 26.2 Å². The molecule has 0 radical (unpaired) electrons. The zero-order valence-corrected chi connectivity index (χ0v) is 19.2. The van der Waals surface area contributed by atoms with Gasteiger partial charge in [-0.25, -0.2) is 4.79 Å². The number of allylic oxidation sites excluding steroid dienone is 2. The van der Waals surface area contributed by atoms with Gasteiger partial charge >= 0.3 is 12.1 Å². The van der Waals surface area contributed by atoms with Crippen molar-refractivity contribution in [3.63, 3.8) is 0 Å². The number of rotatable bonds is 4. The number of hydrogen-bond acceptors (Lipinski definition) is 3. The smallest absolute Gasteiger partial charge is 0.417 e. The maximum absolute atomic E-state index is 13.7. The first-order valence-corrected chi connectivity index (χ1v) is 10.1. The summed E-state index contributed by atoms with van der Waals surface area (Å²) in [5.74, 6) is -1.51. The summed E-state index contributed by atoms with van der Waals surface area (Å²) in [6.45, 7) is 6.67. The number of carbonyl (C=O) groups excluding carboxylic acids is 2. The Morgan fingerprint density at radius 2 is 1.48 bits per heavy atom. The first kappa shape index (κ1) is 25.2. The fourth-order valence-electron chi connectivity index (χ4n) is 2.63. The number of esters is 1. The first-order valence-electron chi connectivity index (χ1n) is 8.92. The van der Waals surface area contributed by atoms with Gasteiger partial charge in [0, 0.05) is 5.56 Å². The Balaban J connectivity index is 2.46. The molecular weight excluding hydrogens is 476 g/mol. The highest BCUT2D eigenvalue weighted by Gasteiger charge is 2.36. The van der Waals surface area contributed by atoms with Gasteiger partial charge in [-0.3, -0.25) is 4.79 Å². The molecule has 2 rings (SSSR count). The van der Waals surface area contributed by atoms with Crippen LogP contribution in [-0.4, -0.2) is 23.5 Å². The van der Waals surface area contributed by atoms with Crippen LogP contribution in [0, 0.1) is 6.92 Å². The van der Waals surface area contributed by atoms with E-state index in [2.05, 4.69) is 0 Å². The monoisotopic (exact) mass is 492 g/mol. The van der Waals surface area contributed by atoms with Gasteiger partial charge < -0.3 is 4.74 Å². The van der Waals surface area contributed by atoms with E-state index in [1.807, 2.05) is 0 Å². The fourth-order valence-corrected chi connectivity index (χ4v) is 3.23. The SMILES string of the molecule is Cc1cc(C(=O)/C=C(/c2cc(Cl)c(Cl)c(Cl)c2)C(F)(F)F)ccc1C(=O)OC(C)(C)C. The Kier molecular flexibility index (Phi) is 7.51. The third kappa shape index (κ3) is 6.48. The van der Waals surface area contributed by atoms with Crippen molar-refractivity contribution in [1.82, 2.24) is 0 Å². The Hall–Kier alpha value is -2.02. The van der Waals surface area contributed by atoms with Crippen molar-refractivity contribution >= 4 is 52.1 Å². The van der Waals surface area contributed by atoms with E-state index in [1.165, 1.54) is 18.2 Å². The zero-order valence-electron chi connectivity index (χ0n) is 17.0. The van der Waals surface area contributed by atoms with Gasteiger partial charge in [0.2, 0.25) is 0 Å². The van der Waals surface area contributed by atoms with E-state index < -0.39 is 34.7 Å². The molecule has 0 aliphatic heterocycles. The number of alkyl halides is 3. The van der Waals surface area contributed by atoms with Crippen molar-refractivity contribution in [1.29, 1.82) is 0 Å². The molecule has 2 aromatic rings. The topological polar surface area (TPSA) is 43.4 Å². The molecule has 0 aromatic heterocycles. The summed E-state index contributed by atoms with van der Waals surface area (Å²) in [5, 5.41) is -0.443. The molecule has 0 N–H and O–H groups in total. The predicted octanol–water partition coefficient (Wildman–Crippen LogP) is 7.74. The molecule has 0 saturated carbocycles. The number of benzene rings is 2. The first-order chi connectivity index (χ1) is 14.1. The lowest BCUT2D eigenvalue weighted by Crippen LogP contribution is -2.24. The molecule has 0 spiro atoms. The predicted molar refractivity (Wildman–Crippen MR) is 116 cm³/mol. The van der Waals surface area contributed by atoms with Crippen LogP contribution in [0.15, 0.2) is 36.4 Å². The molecule has 3 nitrogen and oxygen atoms in total. The minimum absolute atomic E-state index is 0.0299. The number of halogens is 6. The molecule has 9 heteroatoms. The van der Waals surface area contributed by atoms with Crippen molar-refractivity contribution in [2.24, 2.45) is 0 Å². The molecule has 0 bridgehead atoms. The second-order valence-electron chi connectivity index (χ2n) is 7.71. The van der Waals surface area contributed by atoms with Gasteiger partial charge in [0.25, 0.3) is 0 Å². The highest BCUT2D eigenvalue weighted by molar-refractivity contribution is 6.48. The summed E-state index contributed by atoms with van der Waals surface area (Å²) < 4.78 is 46.2. The second-order valence-corrected chi connectivity index (χ2v) is 8.90. The molecule has 0 fully saturated rings. The summed E-state index contributed by atoms with van der Waals surface area (Å²) >= 11 is 17.5. The van der Waals surface area contributed by atoms with E-state index in [4.69, 9.17) is 39.5 Å². The highest BCUT2D eigenvalue weighted by Crippen LogP contribution is 2.39. The highest BCUT2D eigenvalue weighted by atomic mass is 35.5. The van der Waals surface area contributed by atoms with Crippen molar-refractivity contribution in [2.45, 2.75) is 39.5 Å². The van der Waals surface area contributed by atoms with Crippen LogP contribution >= 0.6 is 34.8 Å². The summed E-state index contributed by atoms with van der Waals surface area (Å²) in [6.07, 6.45) is -4.40. The van der Waals surface area contributed by atoms with Crippen molar-refractivity contribution < 1.29 is 27.5 Å². The third-order valence-electron chi connectivity index (χ3n) is 4.01. The van der Waals surface area contributed by atoms with Crippen molar-refractivity contribution in [2.75, 3.05) is 0 Å². The normalized spacial score (nSPS) is 12.6. The van der Waals surface area contributed by atoms with Gasteiger partial charge in [-0.15, -0.1) is 0 Å². The maximum atomic E-state index is 13.7. The maximum Gasteiger partial charge on any atom is 0.417 e. The number of ketones is 1. The van der Waals surface area contributed by atoms with E-state index in [1.54, 1.807) is 27.7 Å². The largest absolute Gasteiger partial charge is 0.456 e. The van der Waals surface area contributed by atoms with Gasteiger partial charge in [0.15, 0.2) is 5.78 Å². The average molecular weight is 494 g/mol. The molecule has 0 atom stereocenters. The molecule has 0 aliphatic carbocycles. The molecule has 0 heterocycles. The van der Waals surface area contributed by atoms with Crippen LogP contribution in [0.4, 0.5) is 13.2 Å². The molecule has 0 unspecified atom stereocenters. The minimum Gasteiger partial charge on any atom is -0.456 e. The molecular formula is C22H18Cl3F3O3. The Labute approximate surface area is 192 Å². The van der Waals surface area contributed by atoms with E-state index >= 15 is 0 Å². The molecule has 0 amide bonds. The number of hydrogen-bond donors (Lipinski definition) is 0. The van der Waals surface area contributed by atoms with Gasteiger partial charge in [-0.05, 0) is 69.2 Å². The van der Waals surface area contributed by atoms with Crippen LogP contribution in [-0.2, 0) is 4.74 Å². The average Bonchev–Trinajstić information content (AvgIpc) is 2.60. The lowest BCUT2D eigenvalue weighted by molar-refractivity contribution is -0.0689. The molecule has 0 saturated heterocycles. The summed E-state index contributed by atoms with van der Waals surface area (Å²) in [6, 6.07) is 5.90. The molecule has 2 aromatic carbocycles. The summed E-state index contributed by atoms with van der Waals surface area (Å²) in [7, 11) is 0. The summed E-state index contributed by atoms with van der Waals surface area (Å²) in [4.78, 5) is 24.8.